The molecule has 1 aromatic heterocycles. The summed E-state index contributed by atoms with van der Waals surface area (Å²) >= 11 is 5.31. The molecule has 2 aromatic rings. The fourth-order valence-electron chi connectivity index (χ4n) is 3.81. The number of H-pyrrole nitrogens is 1. The zero-order chi connectivity index (χ0) is 13.0. The molecular formula is C15H17N3S. The Labute approximate surface area is 117 Å². The van der Waals surface area contributed by atoms with Gasteiger partial charge in [0.1, 0.15) is 5.82 Å². The van der Waals surface area contributed by atoms with Crippen LogP contribution in [0.5, 0.6) is 0 Å². The van der Waals surface area contributed by atoms with E-state index in [2.05, 4.69) is 46.0 Å². The maximum Gasteiger partial charge on any atom is 0.195 e. The second-order valence-corrected chi connectivity index (χ2v) is 5.97. The summed E-state index contributed by atoms with van der Waals surface area (Å²) in [4.78, 5) is 0. The van der Waals surface area contributed by atoms with Crippen molar-refractivity contribution in [3.63, 3.8) is 0 Å². The van der Waals surface area contributed by atoms with Crippen LogP contribution in [0.15, 0.2) is 24.3 Å². The number of nitrogens with one attached hydrogen (secondary N) is 1. The Kier molecular flexibility index (Phi) is 2.42. The Morgan fingerprint density at radius 1 is 1.37 bits per heavy atom. The molecule has 2 aliphatic rings. The van der Waals surface area contributed by atoms with Gasteiger partial charge in [-0.2, -0.15) is 5.10 Å². The number of aromatic nitrogens is 3. The molecule has 3 atom stereocenters. The van der Waals surface area contributed by atoms with Crippen LogP contribution in [0, 0.1) is 10.7 Å². The van der Waals surface area contributed by atoms with Crippen molar-refractivity contribution in [2.45, 2.75) is 38.1 Å². The third-order valence-electron chi connectivity index (χ3n) is 4.73. The molecule has 0 saturated heterocycles. The van der Waals surface area contributed by atoms with E-state index in [9.17, 15) is 0 Å². The molecule has 4 rings (SSSR count). The average molecular weight is 271 g/mol. The van der Waals surface area contributed by atoms with Gasteiger partial charge in [-0.3, -0.25) is 5.10 Å². The van der Waals surface area contributed by atoms with E-state index in [0.717, 1.165) is 17.2 Å². The van der Waals surface area contributed by atoms with Crippen LogP contribution >= 0.6 is 12.2 Å². The Hall–Kier alpha value is -1.42. The van der Waals surface area contributed by atoms with Crippen LogP contribution in [0.3, 0.4) is 0 Å². The first-order chi connectivity index (χ1) is 9.31. The lowest BCUT2D eigenvalue weighted by atomic mass is 9.92. The number of aryl methyl sites for hydroxylation is 1. The van der Waals surface area contributed by atoms with E-state index in [1.807, 2.05) is 0 Å². The molecule has 3 unspecified atom stereocenters. The fourth-order valence-corrected chi connectivity index (χ4v) is 4.08. The molecule has 0 radical (unpaired) electrons. The molecule has 2 aliphatic carbocycles. The molecule has 1 N–H and O–H groups in total. The summed E-state index contributed by atoms with van der Waals surface area (Å²) < 4.78 is 2.91. The SMILES string of the molecule is CCn1c(C2C3CCc4ccccc4C32)n[nH]c1=S. The van der Waals surface area contributed by atoms with E-state index in [1.165, 1.54) is 24.2 Å². The van der Waals surface area contributed by atoms with Crippen molar-refractivity contribution < 1.29 is 0 Å². The Morgan fingerprint density at radius 3 is 3.05 bits per heavy atom. The van der Waals surface area contributed by atoms with Crippen LogP contribution in [-0.4, -0.2) is 14.8 Å². The van der Waals surface area contributed by atoms with Gasteiger partial charge in [-0.1, -0.05) is 24.3 Å². The molecular weight excluding hydrogens is 254 g/mol. The zero-order valence-electron chi connectivity index (χ0n) is 11.0. The average Bonchev–Trinajstić information content (AvgIpc) is 3.07. The normalized spacial score (nSPS) is 27.7. The largest absolute Gasteiger partial charge is 0.304 e. The fraction of sp³-hybridized carbons (Fsp3) is 0.467. The Morgan fingerprint density at radius 2 is 2.21 bits per heavy atom. The van der Waals surface area contributed by atoms with Gasteiger partial charge in [0.05, 0.1) is 0 Å². The minimum absolute atomic E-state index is 0.566. The minimum atomic E-state index is 0.566. The van der Waals surface area contributed by atoms with Gasteiger partial charge in [-0.25, -0.2) is 0 Å². The highest BCUT2D eigenvalue weighted by Gasteiger charge is 2.55. The van der Waals surface area contributed by atoms with Crippen LogP contribution in [0.4, 0.5) is 0 Å². The van der Waals surface area contributed by atoms with Gasteiger partial charge in [0, 0.05) is 12.5 Å². The van der Waals surface area contributed by atoms with Gasteiger partial charge in [-0.15, -0.1) is 0 Å². The van der Waals surface area contributed by atoms with Crippen molar-refractivity contribution >= 4 is 12.2 Å². The summed E-state index contributed by atoms with van der Waals surface area (Å²) in [5, 5.41) is 7.45. The summed E-state index contributed by atoms with van der Waals surface area (Å²) in [6.07, 6.45) is 2.50. The molecule has 4 heteroatoms. The van der Waals surface area contributed by atoms with E-state index >= 15 is 0 Å². The quantitative estimate of drug-likeness (QED) is 0.849. The Bertz CT molecular complexity index is 685. The van der Waals surface area contributed by atoms with Crippen molar-refractivity contribution in [1.82, 2.24) is 14.8 Å². The van der Waals surface area contributed by atoms with Gasteiger partial charge < -0.3 is 4.57 Å². The third kappa shape index (κ3) is 1.56. The third-order valence-corrected chi connectivity index (χ3v) is 5.04. The molecule has 0 bridgehead atoms. The second-order valence-electron chi connectivity index (χ2n) is 5.58. The molecule has 1 fully saturated rings. The Balaban J connectivity index is 1.76. The van der Waals surface area contributed by atoms with Crippen molar-refractivity contribution in [1.29, 1.82) is 0 Å². The predicted molar refractivity (Wildman–Crippen MR) is 76.8 cm³/mol. The number of benzene rings is 1. The highest BCUT2D eigenvalue weighted by Crippen LogP contribution is 2.64. The van der Waals surface area contributed by atoms with Gasteiger partial charge >= 0.3 is 0 Å². The van der Waals surface area contributed by atoms with Crippen LogP contribution in [0.1, 0.15) is 42.1 Å². The van der Waals surface area contributed by atoms with E-state index in [-0.39, 0.29) is 0 Å². The summed E-state index contributed by atoms with van der Waals surface area (Å²) in [6.45, 7) is 3.04. The first kappa shape index (κ1) is 11.4. The van der Waals surface area contributed by atoms with E-state index in [1.54, 1.807) is 5.56 Å². The first-order valence-corrected chi connectivity index (χ1v) is 7.45. The lowest BCUT2D eigenvalue weighted by Crippen LogP contribution is -2.01. The van der Waals surface area contributed by atoms with Crippen LogP contribution in [0.2, 0.25) is 0 Å². The number of fused-ring (bicyclic) bond motifs is 3. The summed E-state index contributed by atoms with van der Waals surface area (Å²) in [5.74, 6) is 3.17. The van der Waals surface area contributed by atoms with Gasteiger partial charge in [0.25, 0.3) is 0 Å². The lowest BCUT2D eigenvalue weighted by Gasteiger charge is -2.13. The highest BCUT2D eigenvalue weighted by molar-refractivity contribution is 7.71. The molecule has 98 valence electrons. The topological polar surface area (TPSA) is 33.6 Å². The van der Waals surface area contributed by atoms with Crippen LogP contribution in [0.25, 0.3) is 0 Å². The summed E-state index contributed by atoms with van der Waals surface area (Å²) in [6, 6.07) is 8.88. The molecule has 1 heterocycles. The van der Waals surface area contributed by atoms with Crippen LogP contribution < -0.4 is 0 Å². The van der Waals surface area contributed by atoms with Gasteiger partial charge in [0.15, 0.2) is 4.77 Å². The number of hydrogen-bond acceptors (Lipinski definition) is 2. The number of hydrogen-bond donors (Lipinski definition) is 1. The minimum Gasteiger partial charge on any atom is -0.304 e. The summed E-state index contributed by atoms with van der Waals surface area (Å²) in [7, 11) is 0. The standard InChI is InChI=1S/C15H17N3S/c1-2-18-14(16-17-15(18)19)13-11-8-7-9-5-3-4-6-10(9)12(11)13/h3-6,11-13H,2,7-8H2,1H3,(H,17,19). The maximum absolute atomic E-state index is 5.31. The van der Waals surface area contributed by atoms with Crippen molar-refractivity contribution in [3.8, 4) is 0 Å². The first-order valence-electron chi connectivity index (χ1n) is 7.04. The maximum atomic E-state index is 5.31. The highest BCUT2D eigenvalue weighted by atomic mass is 32.1. The lowest BCUT2D eigenvalue weighted by molar-refractivity contribution is 0.634. The van der Waals surface area contributed by atoms with Crippen LogP contribution in [-0.2, 0) is 13.0 Å². The van der Waals surface area contributed by atoms with Crippen molar-refractivity contribution in [3.05, 3.63) is 46.0 Å². The molecule has 1 aromatic carbocycles. The number of nitrogens with zero attached hydrogens (tertiary/aromatic N) is 2. The molecule has 0 amide bonds. The van der Waals surface area contributed by atoms with E-state index in [0.29, 0.717) is 11.8 Å². The van der Waals surface area contributed by atoms with Gasteiger partial charge in [0.2, 0.25) is 0 Å². The van der Waals surface area contributed by atoms with Crippen molar-refractivity contribution in [2.75, 3.05) is 0 Å². The second kappa shape index (κ2) is 4.04. The van der Waals surface area contributed by atoms with Crippen molar-refractivity contribution in [2.24, 2.45) is 5.92 Å². The van der Waals surface area contributed by atoms with Gasteiger partial charge in [-0.05, 0) is 54.9 Å². The monoisotopic (exact) mass is 271 g/mol. The molecule has 1 saturated carbocycles. The van der Waals surface area contributed by atoms with E-state index in [4.69, 9.17) is 12.2 Å². The zero-order valence-corrected chi connectivity index (χ0v) is 11.8. The molecule has 3 nitrogen and oxygen atoms in total. The summed E-state index contributed by atoms with van der Waals surface area (Å²) in [5.41, 5.74) is 3.07. The number of rotatable bonds is 2. The molecule has 0 spiro atoms. The number of aromatic amines is 1. The molecule has 0 aliphatic heterocycles. The smallest absolute Gasteiger partial charge is 0.195 e. The predicted octanol–water partition coefficient (Wildman–Crippen LogP) is 3.40. The molecule has 19 heavy (non-hydrogen) atoms. The van der Waals surface area contributed by atoms with E-state index < -0.39 is 0 Å².